The molecule has 182 valence electrons. The highest BCUT2D eigenvalue weighted by Gasteiger charge is 2.39. The molecule has 1 aromatic carbocycles. The maximum atomic E-state index is 12.8. The van der Waals surface area contributed by atoms with Crippen molar-refractivity contribution in [2.75, 3.05) is 60.3 Å². The summed E-state index contributed by atoms with van der Waals surface area (Å²) in [4.78, 5) is 28.3. The first kappa shape index (κ1) is 23.1. The molecule has 34 heavy (non-hydrogen) atoms. The second kappa shape index (κ2) is 9.55. The van der Waals surface area contributed by atoms with Gasteiger partial charge in [-0.3, -0.25) is 4.21 Å². The summed E-state index contributed by atoms with van der Waals surface area (Å²) in [6, 6.07) is 7.63. The minimum atomic E-state index is -1.21. The van der Waals surface area contributed by atoms with E-state index in [1.165, 1.54) is 7.11 Å². The number of anilines is 3. The summed E-state index contributed by atoms with van der Waals surface area (Å²) in [6.07, 6.45) is -0.351. The second-order valence-electron chi connectivity index (χ2n) is 8.55. The summed E-state index contributed by atoms with van der Waals surface area (Å²) in [7, 11) is 0.0561. The summed E-state index contributed by atoms with van der Waals surface area (Å²) in [5.41, 5.74) is 8.11. The normalized spacial score (nSPS) is 24.3. The molecule has 2 aromatic rings. The minimum absolute atomic E-state index is 0.207. The van der Waals surface area contributed by atoms with Gasteiger partial charge in [0.25, 0.3) is 0 Å². The van der Waals surface area contributed by atoms with Crippen molar-refractivity contribution >= 4 is 46.0 Å². The Hall–Kier alpha value is -2.63. The van der Waals surface area contributed by atoms with E-state index in [9.17, 15) is 9.00 Å². The van der Waals surface area contributed by atoms with Gasteiger partial charge in [0.05, 0.1) is 23.6 Å². The van der Waals surface area contributed by atoms with Crippen LogP contribution in [0.15, 0.2) is 29.2 Å². The van der Waals surface area contributed by atoms with Gasteiger partial charge in [-0.2, -0.15) is 4.98 Å². The van der Waals surface area contributed by atoms with Crippen LogP contribution in [0.1, 0.15) is 12.1 Å². The van der Waals surface area contributed by atoms with Gasteiger partial charge in [0, 0.05) is 68.1 Å². The Morgan fingerprint density at radius 2 is 1.85 bits per heavy atom. The molecule has 3 aliphatic heterocycles. The van der Waals surface area contributed by atoms with Crippen molar-refractivity contribution in [3.05, 3.63) is 35.0 Å². The molecule has 5 rings (SSSR count). The predicted molar refractivity (Wildman–Crippen MR) is 130 cm³/mol. The van der Waals surface area contributed by atoms with Crippen molar-refractivity contribution in [2.45, 2.75) is 30.0 Å². The van der Waals surface area contributed by atoms with Crippen molar-refractivity contribution in [3.8, 4) is 0 Å². The number of hydrogen-bond acceptors (Lipinski definition) is 10. The lowest BCUT2D eigenvalue weighted by atomic mass is 10.2. The monoisotopic (exact) mass is 506 g/mol. The molecule has 2 saturated heterocycles. The third kappa shape index (κ3) is 4.51. The molecule has 0 saturated carbocycles. The average Bonchev–Trinajstić information content (AvgIpc) is 3.41. The van der Waals surface area contributed by atoms with Gasteiger partial charge in [0.2, 0.25) is 5.95 Å². The third-order valence-corrected chi connectivity index (χ3v) is 8.07. The number of aryl methyl sites for hydroxylation is 1. The van der Waals surface area contributed by atoms with Gasteiger partial charge in [0.1, 0.15) is 4.90 Å². The van der Waals surface area contributed by atoms with E-state index in [4.69, 9.17) is 32.0 Å². The van der Waals surface area contributed by atoms with Gasteiger partial charge in [-0.1, -0.05) is 11.6 Å². The third-order valence-electron chi connectivity index (χ3n) is 6.37. The number of halogens is 1. The standard InChI is InChI=1S/C22H27ClN6O4S/c1-32-22(30)33-18-12-15(24)13-29(18)20-19-17(6-11-34(19)31)25-21(26-20)28-9-7-27(8-10-28)16-4-2-14(23)3-5-16/h2-5,15,18H,6-13,24H2,1H3/t15-,18+,34?/m1/s1. The zero-order chi connectivity index (χ0) is 23.8. The first-order valence-electron chi connectivity index (χ1n) is 11.2. The van der Waals surface area contributed by atoms with Gasteiger partial charge >= 0.3 is 6.16 Å². The molecule has 0 radical (unpaired) electrons. The maximum Gasteiger partial charge on any atom is 0.509 e. The lowest BCUT2D eigenvalue weighted by molar-refractivity contribution is 0.0399. The number of nitrogens with two attached hydrogens (primary N) is 1. The Bertz CT molecular complexity index is 1100. The van der Waals surface area contributed by atoms with E-state index in [0.717, 1.165) is 42.6 Å². The summed E-state index contributed by atoms with van der Waals surface area (Å²) in [5, 5.41) is 0.718. The van der Waals surface area contributed by atoms with E-state index in [0.29, 0.717) is 41.8 Å². The lowest BCUT2D eigenvalue weighted by Gasteiger charge is -2.36. The van der Waals surface area contributed by atoms with Crippen LogP contribution in [0.5, 0.6) is 0 Å². The highest BCUT2D eigenvalue weighted by Crippen LogP contribution is 2.36. The van der Waals surface area contributed by atoms with Crippen LogP contribution in [0.2, 0.25) is 5.02 Å². The average molecular weight is 507 g/mol. The number of benzene rings is 1. The second-order valence-corrected chi connectivity index (χ2v) is 10.5. The van der Waals surface area contributed by atoms with Crippen LogP contribution in [-0.2, 0) is 26.7 Å². The molecule has 3 aliphatic rings. The van der Waals surface area contributed by atoms with Crippen LogP contribution in [0.3, 0.4) is 0 Å². The molecule has 4 heterocycles. The minimum Gasteiger partial charge on any atom is -0.438 e. The Morgan fingerprint density at radius 1 is 1.15 bits per heavy atom. The van der Waals surface area contributed by atoms with Gasteiger partial charge < -0.3 is 29.9 Å². The fourth-order valence-corrected chi connectivity index (χ4v) is 6.13. The molecule has 1 aromatic heterocycles. The van der Waals surface area contributed by atoms with Gasteiger partial charge in [-0.15, -0.1) is 0 Å². The van der Waals surface area contributed by atoms with Crippen LogP contribution >= 0.6 is 11.6 Å². The van der Waals surface area contributed by atoms with Crippen molar-refractivity contribution < 1.29 is 18.5 Å². The van der Waals surface area contributed by atoms with Crippen LogP contribution in [0, 0.1) is 0 Å². The van der Waals surface area contributed by atoms with Gasteiger partial charge in [-0.25, -0.2) is 9.78 Å². The number of piperazine rings is 1. The number of ether oxygens (including phenoxy) is 2. The van der Waals surface area contributed by atoms with Crippen molar-refractivity contribution in [3.63, 3.8) is 0 Å². The van der Waals surface area contributed by atoms with E-state index in [1.54, 1.807) is 0 Å². The Balaban J connectivity index is 1.40. The summed E-state index contributed by atoms with van der Waals surface area (Å²) in [5.74, 6) is 1.64. The summed E-state index contributed by atoms with van der Waals surface area (Å²) < 4.78 is 23.0. The number of hydrogen-bond donors (Lipinski definition) is 1. The van der Waals surface area contributed by atoms with Crippen LogP contribution in [0.4, 0.5) is 22.2 Å². The molecule has 0 spiro atoms. The molecule has 0 aliphatic carbocycles. The molecule has 2 fully saturated rings. The number of aromatic nitrogens is 2. The highest BCUT2D eigenvalue weighted by atomic mass is 35.5. The molecule has 0 amide bonds. The fourth-order valence-electron chi connectivity index (χ4n) is 4.64. The molecule has 2 N–H and O–H groups in total. The number of carbonyl (C=O) groups excluding carboxylic acids is 1. The summed E-state index contributed by atoms with van der Waals surface area (Å²) in [6.45, 7) is 3.54. The van der Waals surface area contributed by atoms with Crippen molar-refractivity contribution in [1.82, 2.24) is 9.97 Å². The molecule has 0 bridgehead atoms. The van der Waals surface area contributed by atoms with Crippen molar-refractivity contribution in [2.24, 2.45) is 5.73 Å². The SMILES string of the molecule is COC(=O)O[C@H]1C[C@@H](N)CN1c1nc(N2CCN(c3ccc(Cl)cc3)CC2)nc2c1S(=O)CC2. The highest BCUT2D eigenvalue weighted by molar-refractivity contribution is 7.85. The molecule has 10 nitrogen and oxygen atoms in total. The van der Waals surface area contributed by atoms with E-state index in [1.807, 2.05) is 29.2 Å². The van der Waals surface area contributed by atoms with E-state index >= 15 is 0 Å². The molecule has 3 atom stereocenters. The van der Waals surface area contributed by atoms with Crippen LogP contribution in [0.25, 0.3) is 0 Å². The number of fused-ring (bicyclic) bond motifs is 1. The van der Waals surface area contributed by atoms with E-state index in [-0.39, 0.29) is 6.04 Å². The Kier molecular flexibility index (Phi) is 6.50. The lowest BCUT2D eigenvalue weighted by Crippen LogP contribution is -2.47. The topological polar surface area (TPSA) is 114 Å². The van der Waals surface area contributed by atoms with Crippen LogP contribution < -0.4 is 20.4 Å². The number of methoxy groups -OCH3 is 1. The van der Waals surface area contributed by atoms with E-state index < -0.39 is 23.2 Å². The zero-order valence-corrected chi connectivity index (χ0v) is 20.4. The Morgan fingerprint density at radius 3 is 2.56 bits per heavy atom. The molecular formula is C22H27ClN6O4S. The summed E-state index contributed by atoms with van der Waals surface area (Å²) >= 11 is 6.02. The smallest absolute Gasteiger partial charge is 0.438 e. The first-order chi connectivity index (χ1) is 16.4. The molecule has 1 unspecified atom stereocenters. The first-order valence-corrected chi connectivity index (χ1v) is 12.9. The maximum absolute atomic E-state index is 12.8. The van der Waals surface area contributed by atoms with Gasteiger partial charge in [-0.05, 0) is 24.3 Å². The van der Waals surface area contributed by atoms with Gasteiger partial charge in [0.15, 0.2) is 12.0 Å². The number of nitrogens with zero attached hydrogens (tertiary/aromatic N) is 5. The fraction of sp³-hybridized carbons (Fsp3) is 0.500. The van der Waals surface area contributed by atoms with Crippen LogP contribution in [-0.4, -0.2) is 78.2 Å². The number of rotatable bonds is 4. The largest absolute Gasteiger partial charge is 0.509 e. The Labute approximate surface area is 205 Å². The zero-order valence-electron chi connectivity index (χ0n) is 18.9. The number of carbonyl (C=O) groups is 1. The molecular weight excluding hydrogens is 480 g/mol. The predicted octanol–water partition coefficient (Wildman–Crippen LogP) is 1.77. The van der Waals surface area contributed by atoms with Crippen molar-refractivity contribution in [1.29, 1.82) is 0 Å². The molecule has 12 heteroatoms. The quantitative estimate of drug-likeness (QED) is 0.615. The van der Waals surface area contributed by atoms with E-state index in [2.05, 4.69) is 14.5 Å².